The summed E-state index contributed by atoms with van der Waals surface area (Å²) in [5.41, 5.74) is 0. The Labute approximate surface area is 115 Å². The standard InChI is InChI=1S/C11H14Cl2N2OS/c12-9-7-10(13)11(14-8-9)17-6-3-15-1-4-16-5-2-15/h7-8H,1-6H2. The molecule has 1 aliphatic rings. The molecule has 1 aliphatic heterocycles. The SMILES string of the molecule is Clc1cnc(SCCN2CCOCC2)c(Cl)c1. The van der Waals surface area contributed by atoms with Gasteiger partial charge >= 0.3 is 0 Å². The number of aromatic nitrogens is 1. The minimum atomic E-state index is 0.576. The molecule has 0 spiro atoms. The van der Waals surface area contributed by atoms with E-state index in [1.165, 1.54) is 0 Å². The first-order valence-electron chi connectivity index (χ1n) is 5.49. The van der Waals surface area contributed by atoms with Gasteiger partial charge in [-0.2, -0.15) is 0 Å². The highest BCUT2D eigenvalue weighted by Crippen LogP contribution is 2.26. The lowest BCUT2D eigenvalue weighted by Crippen LogP contribution is -2.37. The number of halogens is 2. The second-order valence-corrected chi connectivity index (χ2v) is 5.67. The predicted molar refractivity (Wildman–Crippen MR) is 72.2 cm³/mol. The van der Waals surface area contributed by atoms with E-state index < -0.39 is 0 Å². The number of hydrogen-bond donors (Lipinski definition) is 0. The van der Waals surface area contributed by atoms with Crippen molar-refractivity contribution in [3.8, 4) is 0 Å². The van der Waals surface area contributed by atoms with Crippen molar-refractivity contribution in [1.82, 2.24) is 9.88 Å². The molecule has 0 atom stereocenters. The summed E-state index contributed by atoms with van der Waals surface area (Å²) in [7, 11) is 0. The molecule has 3 nitrogen and oxygen atoms in total. The fraction of sp³-hybridized carbons (Fsp3) is 0.545. The third kappa shape index (κ3) is 4.30. The monoisotopic (exact) mass is 292 g/mol. The lowest BCUT2D eigenvalue weighted by Gasteiger charge is -2.26. The summed E-state index contributed by atoms with van der Waals surface area (Å²) in [4.78, 5) is 6.61. The van der Waals surface area contributed by atoms with E-state index in [-0.39, 0.29) is 0 Å². The van der Waals surface area contributed by atoms with Gasteiger partial charge in [0.15, 0.2) is 0 Å². The zero-order valence-electron chi connectivity index (χ0n) is 9.36. The lowest BCUT2D eigenvalue weighted by molar-refractivity contribution is 0.0410. The van der Waals surface area contributed by atoms with E-state index in [2.05, 4.69) is 9.88 Å². The fourth-order valence-electron chi connectivity index (χ4n) is 1.60. The van der Waals surface area contributed by atoms with Crippen LogP contribution < -0.4 is 0 Å². The number of morpholine rings is 1. The van der Waals surface area contributed by atoms with Gasteiger partial charge < -0.3 is 4.74 Å². The second kappa shape index (κ2) is 6.81. The maximum Gasteiger partial charge on any atom is 0.115 e. The normalized spacial score (nSPS) is 17.3. The number of hydrogen-bond acceptors (Lipinski definition) is 4. The summed E-state index contributed by atoms with van der Waals surface area (Å²) in [6, 6.07) is 1.73. The average molecular weight is 293 g/mol. The molecule has 17 heavy (non-hydrogen) atoms. The first-order chi connectivity index (χ1) is 8.25. The van der Waals surface area contributed by atoms with Crippen molar-refractivity contribution in [1.29, 1.82) is 0 Å². The maximum atomic E-state index is 6.05. The van der Waals surface area contributed by atoms with Gasteiger partial charge in [-0.3, -0.25) is 4.90 Å². The van der Waals surface area contributed by atoms with E-state index in [1.54, 1.807) is 24.0 Å². The van der Waals surface area contributed by atoms with Crippen LogP contribution in [0.25, 0.3) is 0 Å². The fourth-order valence-corrected chi connectivity index (χ4v) is 3.02. The molecule has 0 aromatic carbocycles. The van der Waals surface area contributed by atoms with Crippen molar-refractivity contribution < 1.29 is 4.74 Å². The summed E-state index contributed by atoms with van der Waals surface area (Å²) in [5.74, 6) is 0.981. The molecule has 0 aliphatic carbocycles. The summed E-state index contributed by atoms with van der Waals surface area (Å²) in [5, 5.41) is 2.06. The van der Waals surface area contributed by atoms with Crippen molar-refractivity contribution >= 4 is 35.0 Å². The van der Waals surface area contributed by atoms with Crippen LogP contribution in [0.1, 0.15) is 0 Å². The number of rotatable bonds is 4. The van der Waals surface area contributed by atoms with Crippen LogP contribution in [-0.4, -0.2) is 48.5 Å². The van der Waals surface area contributed by atoms with Gasteiger partial charge in [-0.25, -0.2) is 4.98 Å². The van der Waals surface area contributed by atoms with Crippen LogP contribution in [0.5, 0.6) is 0 Å². The molecule has 0 bridgehead atoms. The molecule has 1 aromatic rings. The van der Waals surface area contributed by atoms with Crippen molar-refractivity contribution in [2.45, 2.75) is 5.03 Å². The van der Waals surface area contributed by atoms with E-state index in [1.807, 2.05) is 0 Å². The van der Waals surface area contributed by atoms with Crippen molar-refractivity contribution in [2.75, 3.05) is 38.6 Å². The van der Waals surface area contributed by atoms with E-state index >= 15 is 0 Å². The number of nitrogens with zero attached hydrogens (tertiary/aromatic N) is 2. The van der Waals surface area contributed by atoms with E-state index in [0.29, 0.717) is 10.0 Å². The molecule has 2 rings (SSSR count). The van der Waals surface area contributed by atoms with Crippen molar-refractivity contribution in [3.05, 3.63) is 22.3 Å². The zero-order chi connectivity index (χ0) is 12.1. The third-order valence-corrected chi connectivity index (χ3v) is 4.12. The molecule has 1 aromatic heterocycles. The smallest absolute Gasteiger partial charge is 0.115 e. The minimum absolute atomic E-state index is 0.576. The molecule has 1 saturated heterocycles. The average Bonchev–Trinajstić information content (AvgIpc) is 2.33. The Bertz CT molecular complexity index is 372. The molecule has 1 fully saturated rings. The Balaban J connectivity index is 1.77. The van der Waals surface area contributed by atoms with Crippen LogP contribution in [0.4, 0.5) is 0 Å². The molecule has 0 amide bonds. The molecule has 6 heteroatoms. The van der Waals surface area contributed by atoms with Crippen molar-refractivity contribution in [2.24, 2.45) is 0 Å². The van der Waals surface area contributed by atoms with Gasteiger partial charge in [0.05, 0.1) is 23.3 Å². The number of ether oxygens (including phenoxy) is 1. The van der Waals surface area contributed by atoms with Gasteiger partial charge in [-0.05, 0) is 6.07 Å². The zero-order valence-corrected chi connectivity index (χ0v) is 11.7. The largest absolute Gasteiger partial charge is 0.379 e. The van der Waals surface area contributed by atoms with Crippen molar-refractivity contribution in [3.63, 3.8) is 0 Å². The quantitative estimate of drug-likeness (QED) is 0.797. The van der Waals surface area contributed by atoms with Gasteiger partial charge in [0, 0.05) is 31.6 Å². The molecule has 0 unspecified atom stereocenters. The molecule has 0 N–H and O–H groups in total. The highest BCUT2D eigenvalue weighted by atomic mass is 35.5. The minimum Gasteiger partial charge on any atom is -0.379 e. The summed E-state index contributed by atoms with van der Waals surface area (Å²) in [6.45, 7) is 4.74. The first-order valence-corrected chi connectivity index (χ1v) is 7.24. The van der Waals surface area contributed by atoms with Crippen LogP contribution in [0, 0.1) is 0 Å². The van der Waals surface area contributed by atoms with Gasteiger partial charge in [0.2, 0.25) is 0 Å². The first kappa shape index (κ1) is 13.4. The predicted octanol–water partition coefficient (Wildman–Crippen LogP) is 2.81. The Hall–Kier alpha value is -0.000000000000000111. The maximum absolute atomic E-state index is 6.05. The molecule has 94 valence electrons. The van der Waals surface area contributed by atoms with Crippen LogP contribution >= 0.6 is 35.0 Å². The summed E-state index contributed by atoms with van der Waals surface area (Å²) >= 11 is 13.5. The Morgan fingerprint density at radius 2 is 2.12 bits per heavy atom. The molecule has 0 radical (unpaired) electrons. The highest BCUT2D eigenvalue weighted by Gasteiger charge is 2.10. The number of thioether (sulfide) groups is 1. The molecular weight excluding hydrogens is 279 g/mol. The molecular formula is C11H14Cl2N2OS. The Morgan fingerprint density at radius 3 is 2.82 bits per heavy atom. The summed E-state index contributed by atoms with van der Waals surface area (Å²) in [6.07, 6.45) is 1.63. The third-order valence-electron chi connectivity index (χ3n) is 2.52. The van der Waals surface area contributed by atoms with Gasteiger partial charge in [-0.15, -0.1) is 11.8 Å². The lowest BCUT2D eigenvalue weighted by atomic mass is 10.4. The molecule has 0 saturated carbocycles. The topological polar surface area (TPSA) is 25.4 Å². The van der Waals surface area contributed by atoms with E-state index in [9.17, 15) is 0 Å². The van der Waals surface area contributed by atoms with Gasteiger partial charge in [0.25, 0.3) is 0 Å². The molecule has 2 heterocycles. The highest BCUT2D eigenvalue weighted by molar-refractivity contribution is 7.99. The van der Waals surface area contributed by atoms with Gasteiger partial charge in [-0.1, -0.05) is 23.2 Å². The van der Waals surface area contributed by atoms with E-state index in [0.717, 1.165) is 43.6 Å². The van der Waals surface area contributed by atoms with Crippen LogP contribution in [0.3, 0.4) is 0 Å². The van der Waals surface area contributed by atoms with Crippen LogP contribution in [-0.2, 0) is 4.74 Å². The van der Waals surface area contributed by atoms with Crippen LogP contribution in [0.15, 0.2) is 17.3 Å². The van der Waals surface area contributed by atoms with Gasteiger partial charge in [0.1, 0.15) is 5.03 Å². The summed E-state index contributed by atoms with van der Waals surface area (Å²) < 4.78 is 5.30. The second-order valence-electron chi connectivity index (χ2n) is 3.74. The Kier molecular flexibility index (Phi) is 5.38. The Morgan fingerprint density at radius 1 is 1.35 bits per heavy atom. The number of pyridine rings is 1. The van der Waals surface area contributed by atoms with E-state index in [4.69, 9.17) is 27.9 Å². The van der Waals surface area contributed by atoms with Crippen LogP contribution in [0.2, 0.25) is 10.0 Å².